The van der Waals surface area contributed by atoms with Crippen molar-refractivity contribution in [1.29, 1.82) is 0 Å². The van der Waals surface area contributed by atoms with Gasteiger partial charge < -0.3 is 20.6 Å². The third-order valence-corrected chi connectivity index (χ3v) is 3.30. The smallest absolute Gasteiger partial charge is 0.225 e. The molecule has 16 heavy (non-hydrogen) atoms. The lowest BCUT2D eigenvalue weighted by Crippen LogP contribution is -2.44. The molecule has 1 aliphatic carbocycles. The van der Waals surface area contributed by atoms with Gasteiger partial charge in [-0.15, -0.1) is 0 Å². The molecular formula is C11H21NO4. The van der Waals surface area contributed by atoms with Gasteiger partial charge >= 0.3 is 0 Å². The summed E-state index contributed by atoms with van der Waals surface area (Å²) < 4.78 is 0. The van der Waals surface area contributed by atoms with E-state index in [4.69, 9.17) is 0 Å². The fourth-order valence-electron chi connectivity index (χ4n) is 1.76. The van der Waals surface area contributed by atoms with Crippen molar-refractivity contribution >= 4 is 5.91 Å². The van der Waals surface area contributed by atoms with Crippen LogP contribution in [0.25, 0.3) is 0 Å². The highest BCUT2D eigenvalue weighted by Crippen LogP contribution is 2.21. The summed E-state index contributed by atoms with van der Waals surface area (Å²) in [6.45, 7) is 4.81. The predicted octanol–water partition coefficient (Wildman–Crippen LogP) is -0.606. The third-order valence-electron chi connectivity index (χ3n) is 3.30. The number of carbonyl (C=O) groups is 1. The van der Waals surface area contributed by atoms with Crippen LogP contribution in [-0.4, -0.2) is 45.1 Å². The van der Waals surface area contributed by atoms with Crippen LogP contribution in [0.2, 0.25) is 0 Å². The van der Waals surface area contributed by atoms with Gasteiger partial charge in [-0.25, -0.2) is 0 Å². The van der Waals surface area contributed by atoms with E-state index in [-0.39, 0.29) is 11.9 Å². The summed E-state index contributed by atoms with van der Waals surface area (Å²) in [6, 6.07) is -0.206. The van der Waals surface area contributed by atoms with Gasteiger partial charge in [0.25, 0.3) is 0 Å². The Kier molecular flexibility index (Phi) is 3.93. The van der Waals surface area contributed by atoms with Gasteiger partial charge in [-0.3, -0.25) is 4.79 Å². The number of hydrogen-bond acceptors (Lipinski definition) is 4. The summed E-state index contributed by atoms with van der Waals surface area (Å²) in [5.41, 5.74) is -1.07. The van der Waals surface area contributed by atoms with Gasteiger partial charge in [0.1, 0.15) is 0 Å². The number of hydrogen-bond donors (Lipinski definition) is 4. The molecule has 0 saturated heterocycles. The van der Waals surface area contributed by atoms with E-state index in [0.29, 0.717) is 12.8 Å². The summed E-state index contributed by atoms with van der Waals surface area (Å²) in [4.78, 5) is 11.7. The Morgan fingerprint density at radius 2 is 1.75 bits per heavy atom. The van der Waals surface area contributed by atoms with E-state index in [0.717, 1.165) is 0 Å². The molecule has 5 heteroatoms. The van der Waals surface area contributed by atoms with Gasteiger partial charge in [0.2, 0.25) is 5.91 Å². The van der Waals surface area contributed by atoms with E-state index in [2.05, 4.69) is 5.32 Å². The molecule has 94 valence electrons. The van der Waals surface area contributed by atoms with Crippen molar-refractivity contribution in [2.45, 2.75) is 57.5 Å². The highest BCUT2D eigenvalue weighted by Gasteiger charge is 2.35. The minimum Gasteiger partial charge on any atom is -0.390 e. The lowest BCUT2D eigenvalue weighted by molar-refractivity contribution is -0.132. The molecule has 1 rings (SSSR count). The first kappa shape index (κ1) is 13.4. The fraction of sp³-hybridized carbons (Fsp3) is 0.909. The molecule has 1 aliphatic rings. The maximum Gasteiger partial charge on any atom is 0.225 e. The number of carbonyl (C=O) groups excluding carboxylic acids is 1. The van der Waals surface area contributed by atoms with E-state index in [9.17, 15) is 20.1 Å². The van der Waals surface area contributed by atoms with Gasteiger partial charge in [-0.1, -0.05) is 6.92 Å². The molecule has 0 bridgehead atoms. The molecule has 0 aromatic heterocycles. The molecule has 5 nitrogen and oxygen atoms in total. The Morgan fingerprint density at radius 3 is 2.12 bits per heavy atom. The molecule has 1 fully saturated rings. The highest BCUT2D eigenvalue weighted by molar-refractivity contribution is 5.79. The van der Waals surface area contributed by atoms with Crippen LogP contribution in [0.15, 0.2) is 0 Å². The molecule has 0 heterocycles. The van der Waals surface area contributed by atoms with E-state index in [1.807, 2.05) is 0 Å². The zero-order valence-electron chi connectivity index (χ0n) is 9.97. The number of rotatable bonds is 3. The molecule has 0 aliphatic heterocycles. The van der Waals surface area contributed by atoms with Gasteiger partial charge in [-0.05, 0) is 26.7 Å². The number of aliphatic hydroxyl groups excluding tert-OH is 2. The van der Waals surface area contributed by atoms with Crippen LogP contribution in [0.4, 0.5) is 0 Å². The second-order valence-corrected chi connectivity index (χ2v) is 5.19. The Bertz CT molecular complexity index is 251. The monoisotopic (exact) mass is 231 g/mol. The van der Waals surface area contributed by atoms with Crippen LogP contribution in [-0.2, 0) is 4.79 Å². The van der Waals surface area contributed by atoms with Crippen LogP contribution >= 0.6 is 0 Å². The van der Waals surface area contributed by atoms with Gasteiger partial charge in [-0.2, -0.15) is 0 Å². The summed E-state index contributed by atoms with van der Waals surface area (Å²) in [6.07, 6.45) is -0.790. The maximum atomic E-state index is 11.7. The highest BCUT2D eigenvalue weighted by atomic mass is 16.3. The van der Waals surface area contributed by atoms with Crippen LogP contribution in [0.1, 0.15) is 33.6 Å². The van der Waals surface area contributed by atoms with E-state index >= 15 is 0 Å². The number of amides is 1. The summed E-state index contributed by atoms with van der Waals surface area (Å²) >= 11 is 0. The molecule has 4 N–H and O–H groups in total. The molecule has 0 spiro atoms. The molecule has 4 atom stereocenters. The van der Waals surface area contributed by atoms with E-state index in [1.165, 1.54) is 0 Å². The van der Waals surface area contributed by atoms with Crippen molar-refractivity contribution in [3.8, 4) is 0 Å². The molecule has 1 saturated carbocycles. The molecule has 1 unspecified atom stereocenters. The van der Waals surface area contributed by atoms with Crippen molar-refractivity contribution < 1.29 is 20.1 Å². The molecule has 0 radical (unpaired) electrons. The average molecular weight is 231 g/mol. The first-order valence-electron chi connectivity index (χ1n) is 5.60. The lowest BCUT2D eigenvalue weighted by atomic mass is 9.92. The minimum absolute atomic E-state index is 0.206. The first-order chi connectivity index (χ1) is 7.21. The molecular weight excluding hydrogens is 210 g/mol. The Labute approximate surface area is 95.5 Å². The maximum absolute atomic E-state index is 11.7. The fourth-order valence-corrected chi connectivity index (χ4v) is 1.76. The first-order valence-corrected chi connectivity index (χ1v) is 5.60. The largest absolute Gasteiger partial charge is 0.390 e. The summed E-state index contributed by atoms with van der Waals surface area (Å²) in [5.74, 6) is -0.777. The SMILES string of the molecule is C[C@@H](C(=O)NC1C[C@@H](O)[C@@H](O)C1)C(C)(C)O. The van der Waals surface area contributed by atoms with Gasteiger partial charge in [0.15, 0.2) is 0 Å². The second kappa shape index (κ2) is 4.69. The van der Waals surface area contributed by atoms with Gasteiger partial charge in [0.05, 0.1) is 23.7 Å². The standard InChI is InChI=1S/C11H21NO4/c1-6(11(2,3)16)10(15)12-7-4-8(13)9(14)5-7/h6-9,13-14,16H,4-5H2,1-3H3,(H,12,15)/t6-,7?,8-,9+/m0/s1. The summed E-state index contributed by atoms with van der Waals surface area (Å²) in [5, 5.41) is 31.1. The zero-order chi connectivity index (χ0) is 12.5. The predicted molar refractivity (Wildman–Crippen MR) is 58.6 cm³/mol. The van der Waals surface area contributed by atoms with Crippen molar-refractivity contribution in [3.63, 3.8) is 0 Å². The minimum atomic E-state index is -1.07. The number of aliphatic hydroxyl groups is 3. The van der Waals surface area contributed by atoms with Crippen LogP contribution in [0.3, 0.4) is 0 Å². The van der Waals surface area contributed by atoms with Gasteiger partial charge in [0, 0.05) is 6.04 Å². The average Bonchev–Trinajstić information content (AvgIpc) is 2.43. The number of nitrogens with one attached hydrogen (secondary N) is 1. The van der Waals surface area contributed by atoms with Crippen molar-refractivity contribution in [2.75, 3.05) is 0 Å². The Morgan fingerprint density at radius 1 is 1.31 bits per heavy atom. The third kappa shape index (κ3) is 3.17. The Hall–Kier alpha value is -0.650. The second-order valence-electron chi connectivity index (χ2n) is 5.19. The van der Waals surface area contributed by atoms with Crippen LogP contribution < -0.4 is 5.32 Å². The lowest BCUT2D eigenvalue weighted by Gasteiger charge is -2.26. The molecule has 0 aromatic carbocycles. The van der Waals surface area contributed by atoms with Crippen molar-refractivity contribution in [3.05, 3.63) is 0 Å². The van der Waals surface area contributed by atoms with Crippen LogP contribution in [0, 0.1) is 5.92 Å². The van der Waals surface area contributed by atoms with E-state index < -0.39 is 23.7 Å². The Balaban J connectivity index is 2.47. The van der Waals surface area contributed by atoms with Crippen LogP contribution in [0.5, 0.6) is 0 Å². The molecule has 0 aromatic rings. The van der Waals surface area contributed by atoms with Crippen molar-refractivity contribution in [2.24, 2.45) is 5.92 Å². The quantitative estimate of drug-likeness (QED) is 0.522. The topological polar surface area (TPSA) is 89.8 Å². The van der Waals surface area contributed by atoms with E-state index in [1.54, 1.807) is 20.8 Å². The molecule has 1 amide bonds. The zero-order valence-corrected chi connectivity index (χ0v) is 9.97. The summed E-state index contributed by atoms with van der Waals surface area (Å²) in [7, 11) is 0. The normalized spacial score (nSPS) is 32.5. The van der Waals surface area contributed by atoms with Crippen molar-refractivity contribution in [1.82, 2.24) is 5.32 Å².